The first-order valence-electron chi connectivity index (χ1n) is 8.94. The first-order valence-corrected chi connectivity index (χ1v) is 9.76. The van der Waals surface area contributed by atoms with E-state index in [0.717, 1.165) is 26.8 Å². The van der Waals surface area contributed by atoms with Gasteiger partial charge >= 0.3 is 5.97 Å². The van der Waals surface area contributed by atoms with E-state index >= 15 is 0 Å². The van der Waals surface area contributed by atoms with E-state index in [4.69, 9.17) is 4.74 Å². The standard InChI is InChI=1S/C21H17N3O4S/c1-3-28-21(27)18-12(2)17-19(29-18)22-11-24(20(17)26)23-10-15-14-7-5-4-6-13(14)8-9-16(15)25/h4-11,25H,3H2,1-2H3/b23-10+. The summed E-state index contributed by atoms with van der Waals surface area (Å²) in [5.74, 6) is -0.408. The zero-order valence-electron chi connectivity index (χ0n) is 15.7. The van der Waals surface area contributed by atoms with Crippen LogP contribution in [0.3, 0.4) is 0 Å². The van der Waals surface area contributed by atoms with Crippen LogP contribution in [-0.4, -0.2) is 33.6 Å². The number of aryl methyl sites for hydroxylation is 1. The van der Waals surface area contributed by atoms with Crippen LogP contribution < -0.4 is 5.56 Å². The quantitative estimate of drug-likeness (QED) is 0.411. The molecule has 0 aliphatic carbocycles. The molecular weight excluding hydrogens is 390 g/mol. The zero-order valence-corrected chi connectivity index (χ0v) is 16.6. The topological polar surface area (TPSA) is 93.8 Å². The van der Waals surface area contributed by atoms with Gasteiger partial charge in [-0.25, -0.2) is 9.78 Å². The Labute approximate surface area is 169 Å². The van der Waals surface area contributed by atoms with Crippen LogP contribution >= 0.6 is 11.3 Å². The maximum atomic E-state index is 12.9. The van der Waals surface area contributed by atoms with E-state index in [2.05, 4.69) is 10.1 Å². The van der Waals surface area contributed by atoms with Crippen molar-refractivity contribution in [2.75, 3.05) is 6.61 Å². The predicted octanol–water partition coefficient (Wildman–Crippen LogP) is 3.68. The Hall–Kier alpha value is -3.52. The van der Waals surface area contributed by atoms with Crippen LogP contribution in [0.1, 0.15) is 27.7 Å². The number of fused-ring (bicyclic) bond motifs is 2. The molecular formula is C21H17N3O4S. The van der Waals surface area contributed by atoms with Crippen LogP contribution in [0.4, 0.5) is 0 Å². The normalized spacial score (nSPS) is 11.5. The van der Waals surface area contributed by atoms with Gasteiger partial charge in [-0.1, -0.05) is 30.3 Å². The summed E-state index contributed by atoms with van der Waals surface area (Å²) in [6, 6.07) is 11.0. The second-order valence-corrected chi connectivity index (χ2v) is 7.31. The predicted molar refractivity (Wildman–Crippen MR) is 113 cm³/mol. The molecule has 2 aromatic heterocycles. The first kappa shape index (κ1) is 18.8. The van der Waals surface area contributed by atoms with Crippen molar-refractivity contribution in [2.45, 2.75) is 13.8 Å². The lowest BCUT2D eigenvalue weighted by Gasteiger charge is -2.05. The summed E-state index contributed by atoms with van der Waals surface area (Å²) in [7, 11) is 0. The Bertz CT molecular complexity index is 1340. The van der Waals surface area contributed by atoms with E-state index < -0.39 is 11.5 Å². The number of carbonyl (C=O) groups is 1. The monoisotopic (exact) mass is 407 g/mol. The third-order valence-electron chi connectivity index (χ3n) is 4.55. The van der Waals surface area contributed by atoms with Crippen LogP contribution in [0.15, 0.2) is 52.6 Å². The number of carbonyl (C=O) groups excluding carboxylic acids is 1. The molecule has 4 rings (SSSR count). The number of thiophene rings is 1. The first-order chi connectivity index (χ1) is 14.0. The third-order valence-corrected chi connectivity index (χ3v) is 5.73. The number of hydrogen-bond donors (Lipinski definition) is 1. The molecule has 0 fully saturated rings. The number of benzene rings is 2. The molecule has 7 nitrogen and oxygen atoms in total. The van der Waals surface area contributed by atoms with Gasteiger partial charge in [-0.15, -0.1) is 11.3 Å². The number of esters is 1. The molecule has 0 saturated carbocycles. The highest BCUT2D eigenvalue weighted by atomic mass is 32.1. The van der Waals surface area contributed by atoms with Crippen LogP contribution in [-0.2, 0) is 4.74 Å². The lowest BCUT2D eigenvalue weighted by atomic mass is 10.0. The molecule has 0 amide bonds. The molecule has 2 aromatic carbocycles. The molecule has 4 aromatic rings. The Morgan fingerprint density at radius 3 is 2.90 bits per heavy atom. The Kier molecular flexibility index (Phi) is 4.85. The number of rotatable bonds is 4. The molecule has 2 heterocycles. The molecule has 8 heteroatoms. The molecule has 0 bridgehead atoms. The highest BCUT2D eigenvalue weighted by Crippen LogP contribution is 2.28. The van der Waals surface area contributed by atoms with Crippen molar-refractivity contribution < 1.29 is 14.6 Å². The fraction of sp³-hybridized carbons (Fsp3) is 0.143. The molecule has 0 spiro atoms. The molecule has 1 N–H and O–H groups in total. The molecule has 29 heavy (non-hydrogen) atoms. The summed E-state index contributed by atoms with van der Waals surface area (Å²) in [4.78, 5) is 30.1. The van der Waals surface area contributed by atoms with E-state index in [1.807, 2.05) is 30.3 Å². The second kappa shape index (κ2) is 7.48. The summed E-state index contributed by atoms with van der Waals surface area (Å²) < 4.78 is 6.14. The van der Waals surface area contributed by atoms with Crippen molar-refractivity contribution in [1.29, 1.82) is 0 Å². The van der Waals surface area contributed by atoms with Gasteiger partial charge in [-0.2, -0.15) is 9.78 Å². The summed E-state index contributed by atoms with van der Waals surface area (Å²) in [5.41, 5.74) is 0.637. The van der Waals surface area contributed by atoms with Gasteiger partial charge in [-0.05, 0) is 36.2 Å². The van der Waals surface area contributed by atoms with Crippen molar-refractivity contribution in [1.82, 2.24) is 9.66 Å². The number of hydrogen-bond acceptors (Lipinski definition) is 7. The third kappa shape index (κ3) is 3.27. The van der Waals surface area contributed by atoms with E-state index in [-0.39, 0.29) is 12.4 Å². The Morgan fingerprint density at radius 2 is 2.10 bits per heavy atom. The van der Waals surface area contributed by atoms with Crippen LogP contribution in [0.25, 0.3) is 21.0 Å². The molecule has 0 aliphatic heterocycles. The summed E-state index contributed by atoms with van der Waals surface area (Å²) in [5, 5.41) is 16.5. The van der Waals surface area contributed by atoms with E-state index in [1.165, 1.54) is 12.5 Å². The minimum atomic E-state index is -0.469. The summed E-state index contributed by atoms with van der Waals surface area (Å²) >= 11 is 1.12. The maximum absolute atomic E-state index is 12.9. The highest BCUT2D eigenvalue weighted by molar-refractivity contribution is 7.20. The lowest BCUT2D eigenvalue weighted by molar-refractivity contribution is 0.0531. The van der Waals surface area contributed by atoms with Gasteiger partial charge in [0.25, 0.3) is 5.56 Å². The molecule has 0 unspecified atom stereocenters. The Balaban J connectivity index is 1.81. The summed E-state index contributed by atoms with van der Waals surface area (Å²) in [6.45, 7) is 3.67. The number of aromatic nitrogens is 2. The Morgan fingerprint density at radius 1 is 1.31 bits per heavy atom. The number of phenolic OH excluding ortho intramolecular Hbond substituents is 1. The van der Waals surface area contributed by atoms with Crippen LogP contribution in [0, 0.1) is 6.92 Å². The van der Waals surface area contributed by atoms with Crippen LogP contribution in [0.2, 0.25) is 0 Å². The van der Waals surface area contributed by atoms with E-state index in [0.29, 0.717) is 26.2 Å². The van der Waals surface area contributed by atoms with Gasteiger partial charge in [-0.3, -0.25) is 4.79 Å². The zero-order chi connectivity index (χ0) is 20.5. The lowest BCUT2D eigenvalue weighted by Crippen LogP contribution is -2.17. The van der Waals surface area contributed by atoms with Gasteiger partial charge in [0.05, 0.1) is 18.2 Å². The van der Waals surface area contributed by atoms with Crippen molar-refractivity contribution in [3.8, 4) is 5.75 Å². The number of ether oxygens (including phenoxy) is 1. The molecule has 0 radical (unpaired) electrons. The smallest absolute Gasteiger partial charge is 0.348 e. The van der Waals surface area contributed by atoms with Gasteiger partial charge in [0, 0.05) is 5.56 Å². The van der Waals surface area contributed by atoms with Gasteiger partial charge in [0.1, 0.15) is 21.8 Å². The minimum absolute atomic E-state index is 0.0610. The van der Waals surface area contributed by atoms with Gasteiger partial charge in [0.15, 0.2) is 0 Å². The van der Waals surface area contributed by atoms with Crippen molar-refractivity contribution in [3.63, 3.8) is 0 Å². The fourth-order valence-corrected chi connectivity index (χ4v) is 4.16. The largest absolute Gasteiger partial charge is 0.507 e. The second-order valence-electron chi connectivity index (χ2n) is 6.32. The summed E-state index contributed by atoms with van der Waals surface area (Å²) in [6.07, 6.45) is 2.73. The van der Waals surface area contributed by atoms with Crippen molar-refractivity contribution in [3.05, 3.63) is 69.1 Å². The average Bonchev–Trinajstić information content (AvgIpc) is 3.06. The van der Waals surface area contributed by atoms with E-state index in [9.17, 15) is 14.7 Å². The molecule has 0 atom stereocenters. The molecule has 146 valence electrons. The van der Waals surface area contributed by atoms with Gasteiger partial charge in [0.2, 0.25) is 0 Å². The van der Waals surface area contributed by atoms with Crippen molar-refractivity contribution >= 4 is 44.5 Å². The SMILES string of the molecule is CCOC(=O)c1sc2ncn(/N=C/c3c(O)ccc4ccccc34)c(=O)c2c1C. The fourth-order valence-electron chi connectivity index (χ4n) is 3.13. The number of phenols is 1. The van der Waals surface area contributed by atoms with Gasteiger partial charge < -0.3 is 9.84 Å². The molecule has 0 aliphatic rings. The average molecular weight is 407 g/mol. The minimum Gasteiger partial charge on any atom is -0.507 e. The number of aromatic hydroxyl groups is 1. The van der Waals surface area contributed by atoms with Crippen molar-refractivity contribution in [2.24, 2.45) is 5.10 Å². The molecule has 0 saturated heterocycles. The maximum Gasteiger partial charge on any atom is 0.348 e. The highest BCUT2D eigenvalue weighted by Gasteiger charge is 2.20. The number of nitrogens with zero attached hydrogens (tertiary/aromatic N) is 3. The van der Waals surface area contributed by atoms with Crippen LogP contribution in [0.5, 0.6) is 5.75 Å². The van der Waals surface area contributed by atoms with E-state index in [1.54, 1.807) is 19.9 Å².